The minimum Gasteiger partial charge on any atom is -0.369 e. The molecule has 0 spiro atoms. The minimum absolute atomic E-state index is 0.245. The Hall–Kier alpha value is -5.35. The number of methoxy groups -OCH3 is 2. The van der Waals surface area contributed by atoms with Crippen molar-refractivity contribution in [1.29, 1.82) is 0 Å². The van der Waals surface area contributed by atoms with Crippen molar-refractivity contribution in [2.45, 2.75) is 38.9 Å². The average Bonchev–Trinajstić information content (AvgIpc) is 3.05. The van der Waals surface area contributed by atoms with Gasteiger partial charge in [-0.3, -0.25) is 9.59 Å². The standard InChI is InChI=1S/C18H17FN2O2.C18H18N2O2/c1-18(2,23-3)17(22)21-16-10-9-14(12-20-16)8-7-13-5-4-6-15(19)11-13;1-18(2,22-3)17(21)20-16-12-11-15(13-19-16)10-9-14-7-5-4-6-8-14/h4-6,9-12H,1-3H3,(H,20,21,22);4-8,11-13H,1-3H3,(H,19,20,21). The van der Waals surface area contributed by atoms with Gasteiger partial charge in [0, 0.05) is 48.9 Å². The lowest BCUT2D eigenvalue weighted by molar-refractivity contribution is -0.134. The largest absolute Gasteiger partial charge is 0.369 e. The molecular weight excluding hydrogens is 571 g/mol. The molecule has 45 heavy (non-hydrogen) atoms. The molecular formula is C36H35FN4O4. The maximum absolute atomic E-state index is 13.1. The maximum Gasteiger partial charge on any atom is 0.257 e. The van der Waals surface area contributed by atoms with Crippen LogP contribution < -0.4 is 10.6 Å². The molecule has 9 heteroatoms. The molecule has 2 N–H and O–H groups in total. The zero-order chi connectivity index (χ0) is 32.9. The number of hydrogen-bond acceptors (Lipinski definition) is 6. The predicted molar refractivity (Wildman–Crippen MR) is 173 cm³/mol. The fourth-order valence-electron chi connectivity index (χ4n) is 3.18. The van der Waals surface area contributed by atoms with Crippen molar-refractivity contribution in [3.63, 3.8) is 0 Å². The van der Waals surface area contributed by atoms with Gasteiger partial charge in [-0.05, 0) is 82.3 Å². The van der Waals surface area contributed by atoms with Crippen LogP contribution in [0, 0.1) is 29.5 Å². The number of carbonyl (C=O) groups is 2. The summed E-state index contributed by atoms with van der Waals surface area (Å²) < 4.78 is 23.3. The number of aromatic nitrogens is 2. The first-order valence-corrected chi connectivity index (χ1v) is 13.9. The fourth-order valence-corrected chi connectivity index (χ4v) is 3.18. The van der Waals surface area contributed by atoms with Crippen molar-refractivity contribution in [3.05, 3.63) is 119 Å². The summed E-state index contributed by atoms with van der Waals surface area (Å²) in [5.41, 5.74) is 1.16. The lowest BCUT2D eigenvalue weighted by Crippen LogP contribution is -2.39. The summed E-state index contributed by atoms with van der Waals surface area (Å²) in [6, 6.07) is 22.7. The lowest BCUT2D eigenvalue weighted by Gasteiger charge is -2.21. The highest BCUT2D eigenvalue weighted by Crippen LogP contribution is 2.13. The number of ether oxygens (including phenoxy) is 2. The van der Waals surface area contributed by atoms with Crippen molar-refractivity contribution in [2.75, 3.05) is 24.9 Å². The molecule has 0 saturated carbocycles. The van der Waals surface area contributed by atoms with Crippen LogP contribution in [0.5, 0.6) is 0 Å². The first-order chi connectivity index (χ1) is 21.4. The van der Waals surface area contributed by atoms with Gasteiger partial charge < -0.3 is 20.1 Å². The Morgan fingerprint density at radius 2 is 1.07 bits per heavy atom. The highest BCUT2D eigenvalue weighted by atomic mass is 19.1. The molecule has 2 amide bonds. The Bertz CT molecular complexity index is 1710. The Kier molecular flexibility index (Phi) is 12.1. The van der Waals surface area contributed by atoms with E-state index < -0.39 is 11.2 Å². The van der Waals surface area contributed by atoms with Crippen molar-refractivity contribution in [2.24, 2.45) is 0 Å². The van der Waals surface area contributed by atoms with E-state index in [0.717, 1.165) is 11.1 Å². The van der Waals surface area contributed by atoms with E-state index in [0.29, 0.717) is 22.8 Å². The Morgan fingerprint density at radius 3 is 1.49 bits per heavy atom. The Balaban J connectivity index is 0.000000246. The summed E-state index contributed by atoms with van der Waals surface area (Å²) in [7, 11) is 2.97. The van der Waals surface area contributed by atoms with Crippen LogP contribution in [0.2, 0.25) is 0 Å². The number of benzene rings is 2. The van der Waals surface area contributed by atoms with Crippen LogP contribution in [-0.2, 0) is 19.1 Å². The number of pyridine rings is 2. The van der Waals surface area contributed by atoms with Crippen molar-refractivity contribution in [1.82, 2.24) is 9.97 Å². The number of anilines is 2. The summed E-state index contributed by atoms with van der Waals surface area (Å²) >= 11 is 0. The van der Waals surface area contributed by atoms with Gasteiger partial charge in [0.15, 0.2) is 0 Å². The number of nitrogens with one attached hydrogen (secondary N) is 2. The third kappa shape index (κ3) is 11.0. The normalized spacial score (nSPS) is 10.6. The van der Waals surface area contributed by atoms with E-state index >= 15 is 0 Å². The summed E-state index contributed by atoms with van der Waals surface area (Å²) in [4.78, 5) is 32.2. The van der Waals surface area contributed by atoms with Crippen LogP contribution in [0.25, 0.3) is 0 Å². The number of amides is 2. The second-order valence-corrected chi connectivity index (χ2v) is 10.6. The highest BCUT2D eigenvalue weighted by Gasteiger charge is 2.28. The first kappa shape index (κ1) is 34.1. The molecule has 4 aromatic rings. The molecule has 2 aromatic heterocycles. The number of hydrogen-bond donors (Lipinski definition) is 2. The molecule has 0 saturated heterocycles. The number of carbonyl (C=O) groups excluding carboxylic acids is 2. The topological polar surface area (TPSA) is 102 Å². The number of rotatable bonds is 6. The monoisotopic (exact) mass is 606 g/mol. The van der Waals surface area contributed by atoms with Gasteiger partial charge >= 0.3 is 0 Å². The van der Waals surface area contributed by atoms with E-state index in [9.17, 15) is 14.0 Å². The molecule has 230 valence electrons. The minimum atomic E-state index is -0.933. The molecule has 4 rings (SSSR count). The van der Waals surface area contributed by atoms with Gasteiger partial charge in [-0.1, -0.05) is 47.9 Å². The zero-order valence-corrected chi connectivity index (χ0v) is 26.1. The Morgan fingerprint density at radius 1 is 0.622 bits per heavy atom. The SMILES string of the molecule is COC(C)(C)C(=O)Nc1ccc(C#Cc2cccc(F)c2)cn1.COC(C)(C)C(=O)Nc1ccc(C#Cc2ccccc2)cn1. The molecule has 0 aliphatic carbocycles. The van der Waals surface area contributed by atoms with Crippen LogP contribution in [0.3, 0.4) is 0 Å². The van der Waals surface area contributed by atoms with Crippen LogP contribution in [0.4, 0.5) is 16.0 Å². The van der Waals surface area contributed by atoms with E-state index in [2.05, 4.69) is 44.3 Å². The van der Waals surface area contributed by atoms with Gasteiger partial charge in [-0.25, -0.2) is 14.4 Å². The van der Waals surface area contributed by atoms with Gasteiger partial charge in [0.05, 0.1) is 0 Å². The van der Waals surface area contributed by atoms with E-state index in [4.69, 9.17) is 9.47 Å². The number of halogens is 1. The Labute approximate surface area is 263 Å². The highest BCUT2D eigenvalue weighted by molar-refractivity contribution is 5.96. The van der Waals surface area contributed by atoms with Crippen molar-refractivity contribution in [3.8, 4) is 23.7 Å². The summed E-state index contributed by atoms with van der Waals surface area (Å²) in [6.07, 6.45) is 3.17. The van der Waals surface area contributed by atoms with Gasteiger partial charge in [0.1, 0.15) is 28.7 Å². The average molecular weight is 607 g/mol. The van der Waals surface area contributed by atoms with E-state index in [-0.39, 0.29) is 17.6 Å². The third-order valence-corrected chi connectivity index (χ3v) is 6.43. The van der Waals surface area contributed by atoms with E-state index in [1.807, 2.05) is 36.4 Å². The maximum atomic E-state index is 13.1. The first-order valence-electron chi connectivity index (χ1n) is 13.9. The van der Waals surface area contributed by atoms with Gasteiger partial charge in [-0.15, -0.1) is 0 Å². The molecule has 2 heterocycles. The molecule has 0 atom stereocenters. The predicted octanol–water partition coefficient (Wildman–Crippen LogP) is 5.83. The van der Waals surface area contributed by atoms with Gasteiger partial charge in [0.2, 0.25) is 0 Å². The molecule has 0 fully saturated rings. The summed E-state index contributed by atoms with van der Waals surface area (Å²) in [5, 5.41) is 5.38. The summed E-state index contributed by atoms with van der Waals surface area (Å²) in [6.45, 7) is 6.73. The summed E-state index contributed by atoms with van der Waals surface area (Å²) in [5.74, 6) is 11.9. The molecule has 0 radical (unpaired) electrons. The van der Waals surface area contributed by atoms with Gasteiger partial charge in [0.25, 0.3) is 11.8 Å². The number of nitrogens with zero attached hydrogens (tertiary/aromatic N) is 2. The van der Waals surface area contributed by atoms with Gasteiger partial charge in [-0.2, -0.15) is 0 Å². The molecule has 0 unspecified atom stereocenters. The van der Waals surface area contributed by atoms with Crippen LogP contribution in [-0.4, -0.2) is 47.2 Å². The molecule has 2 aromatic carbocycles. The third-order valence-electron chi connectivity index (χ3n) is 6.43. The smallest absolute Gasteiger partial charge is 0.257 e. The van der Waals surface area contributed by atoms with Crippen LogP contribution >= 0.6 is 0 Å². The zero-order valence-electron chi connectivity index (χ0n) is 26.1. The van der Waals surface area contributed by atoms with Crippen molar-refractivity contribution >= 4 is 23.5 Å². The quantitative estimate of drug-likeness (QED) is 0.268. The molecule has 0 aliphatic heterocycles. The molecule has 0 aliphatic rings. The van der Waals surface area contributed by atoms with Crippen molar-refractivity contribution < 1.29 is 23.5 Å². The molecule has 0 bridgehead atoms. The van der Waals surface area contributed by atoms with E-state index in [1.54, 1.807) is 70.4 Å². The lowest BCUT2D eigenvalue weighted by atomic mass is 10.1. The van der Waals surface area contributed by atoms with E-state index in [1.165, 1.54) is 26.4 Å². The van der Waals surface area contributed by atoms with Crippen LogP contribution in [0.15, 0.2) is 91.3 Å². The molecule has 8 nitrogen and oxygen atoms in total. The second kappa shape index (κ2) is 15.9. The fraction of sp³-hybridized carbons (Fsp3) is 0.222. The second-order valence-electron chi connectivity index (χ2n) is 10.6. The van der Waals surface area contributed by atoms with Crippen LogP contribution in [0.1, 0.15) is 49.9 Å².